The molecule has 0 heterocycles. The molecule has 0 N–H and O–H groups in total. The number of hydrogen-bond donors (Lipinski definition) is 0. The SMILES string of the molecule is CCOc1ccc(-c2ccc(C#Cc3ccc(CC)c(F)c3)cc2)c(F)c1F. The van der Waals surface area contributed by atoms with Crippen LogP contribution in [0.25, 0.3) is 11.1 Å². The number of benzene rings is 3. The Morgan fingerprint density at radius 3 is 2.11 bits per heavy atom. The minimum Gasteiger partial charge on any atom is -0.491 e. The van der Waals surface area contributed by atoms with E-state index in [9.17, 15) is 13.2 Å². The minimum atomic E-state index is -0.999. The molecule has 28 heavy (non-hydrogen) atoms. The van der Waals surface area contributed by atoms with Crippen LogP contribution in [0.5, 0.6) is 5.75 Å². The van der Waals surface area contributed by atoms with E-state index in [1.165, 1.54) is 18.2 Å². The van der Waals surface area contributed by atoms with Gasteiger partial charge in [0.25, 0.3) is 0 Å². The number of aryl methyl sites for hydroxylation is 1. The van der Waals surface area contributed by atoms with Crippen LogP contribution in [0, 0.1) is 29.3 Å². The first-order valence-corrected chi connectivity index (χ1v) is 9.05. The molecule has 0 unspecified atom stereocenters. The molecule has 0 aliphatic rings. The van der Waals surface area contributed by atoms with Crippen molar-refractivity contribution >= 4 is 0 Å². The van der Waals surface area contributed by atoms with Crippen LogP contribution < -0.4 is 4.74 Å². The van der Waals surface area contributed by atoms with Gasteiger partial charge in [-0.15, -0.1) is 0 Å². The van der Waals surface area contributed by atoms with Gasteiger partial charge in [-0.05, 0) is 60.9 Å². The van der Waals surface area contributed by atoms with Gasteiger partial charge >= 0.3 is 0 Å². The molecule has 4 heteroatoms. The normalized spacial score (nSPS) is 10.3. The average molecular weight is 380 g/mol. The lowest BCUT2D eigenvalue weighted by molar-refractivity contribution is 0.314. The molecule has 3 rings (SSSR count). The van der Waals surface area contributed by atoms with E-state index in [1.54, 1.807) is 43.3 Å². The van der Waals surface area contributed by atoms with E-state index in [0.29, 0.717) is 28.7 Å². The van der Waals surface area contributed by atoms with Crippen molar-refractivity contribution in [1.82, 2.24) is 0 Å². The summed E-state index contributed by atoms with van der Waals surface area (Å²) in [7, 11) is 0. The maximum atomic E-state index is 14.3. The molecule has 0 saturated carbocycles. The summed E-state index contributed by atoms with van der Waals surface area (Å²) in [5, 5.41) is 0. The lowest BCUT2D eigenvalue weighted by Gasteiger charge is -2.09. The average Bonchev–Trinajstić information content (AvgIpc) is 2.71. The molecule has 0 aliphatic carbocycles. The summed E-state index contributed by atoms with van der Waals surface area (Å²) in [4.78, 5) is 0. The highest BCUT2D eigenvalue weighted by Crippen LogP contribution is 2.30. The molecule has 0 fully saturated rings. The van der Waals surface area contributed by atoms with Gasteiger partial charge in [-0.3, -0.25) is 0 Å². The van der Waals surface area contributed by atoms with Crippen molar-refractivity contribution in [2.24, 2.45) is 0 Å². The quantitative estimate of drug-likeness (QED) is 0.495. The lowest BCUT2D eigenvalue weighted by atomic mass is 10.0. The first-order valence-electron chi connectivity index (χ1n) is 9.05. The van der Waals surface area contributed by atoms with Gasteiger partial charge in [0.15, 0.2) is 11.6 Å². The zero-order valence-corrected chi connectivity index (χ0v) is 15.7. The van der Waals surface area contributed by atoms with E-state index >= 15 is 0 Å². The third-order valence-corrected chi connectivity index (χ3v) is 4.33. The van der Waals surface area contributed by atoms with Crippen molar-refractivity contribution < 1.29 is 17.9 Å². The molecular weight excluding hydrogens is 361 g/mol. The molecule has 1 nitrogen and oxygen atoms in total. The molecule has 0 atom stereocenters. The summed E-state index contributed by atoms with van der Waals surface area (Å²) in [5.74, 6) is 3.55. The van der Waals surface area contributed by atoms with Crippen LogP contribution in [-0.4, -0.2) is 6.61 Å². The van der Waals surface area contributed by atoms with E-state index in [4.69, 9.17) is 4.74 Å². The second-order valence-corrected chi connectivity index (χ2v) is 6.16. The van der Waals surface area contributed by atoms with Gasteiger partial charge in [0.1, 0.15) is 5.82 Å². The van der Waals surface area contributed by atoms with Gasteiger partial charge in [0.05, 0.1) is 6.61 Å². The monoisotopic (exact) mass is 380 g/mol. The summed E-state index contributed by atoms with van der Waals surface area (Å²) >= 11 is 0. The molecule has 0 amide bonds. The van der Waals surface area contributed by atoms with Crippen molar-refractivity contribution in [3.8, 4) is 28.7 Å². The highest BCUT2D eigenvalue weighted by molar-refractivity contribution is 5.66. The van der Waals surface area contributed by atoms with Gasteiger partial charge in [-0.2, -0.15) is 4.39 Å². The van der Waals surface area contributed by atoms with Crippen LogP contribution in [0.15, 0.2) is 54.6 Å². The molecule has 0 spiro atoms. The van der Waals surface area contributed by atoms with E-state index in [-0.39, 0.29) is 23.7 Å². The highest BCUT2D eigenvalue weighted by atomic mass is 19.2. The molecule has 0 bridgehead atoms. The maximum Gasteiger partial charge on any atom is 0.201 e. The second-order valence-electron chi connectivity index (χ2n) is 6.16. The lowest BCUT2D eigenvalue weighted by Crippen LogP contribution is -1.98. The third-order valence-electron chi connectivity index (χ3n) is 4.33. The van der Waals surface area contributed by atoms with Crippen molar-refractivity contribution in [2.75, 3.05) is 6.61 Å². The molecule has 0 aromatic heterocycles. The van der Waals surface area contributed by atoms with E-state index in [2.05, 4.69) is 11.8 Å². The predicted molar refractivity (Wildman–Crippen MR) is 105 cm³/mol. The minimum absolute atomic E-state index is 0.104. The predicted octanol–water partition coefficient (Wildman–Crippen LogP) is 6.13. The van der Waals surface area contributed by atoms with Crippen LogP contribution in [-0.2, 0) is 6.42 Å². The van der Waals surface area contributed by atoms with Crippen LogP contribution in [0.3, 0.4) is 0 Å². The van der Waals surface area contributed by atoms with E-state index < -0.39 is 11.6 Å². The van der Waals surface area contributed by atoms with Gasteiger partial charge in [-0.1, -0.05) is 37.0 Å². The van der Waals surface area contributed by atoms with E-state index in [0.717, 1.165) is 0 Å². The van der Waals surface area contributed by atoms with Crippen LogP contribution >= 0.6 is 0 Å². The molecular formula is C24H19F3O. The Balaban J connectivity index is 1.83. The Labute approximate surface area is 162 Å². The first kappa shape index (κ1) is 19.6. The van der Waals surface area contributed by atoms with Gasteiger partial charge in [0, 0.05) is 16.7 Å². The van der Waals surface area contributed by atoms with Crippen LogP contribution in [0.2, 0.25) is 0 Å². The zero-order chi connectivity index (χ0) is 20.1. The molecule has 3 aromatic carbocycles. The first-order chi connectivity index (χ1) is 13.5. The molecule has 0 radical (unpaired) electrons. The van der Waals surface area contributed by atoms with Crippen LogP contribution in [0.4, 0.5) is 13.2 Å². The molecule has 3 aromatic rings. The fourth-order valence-corrected chi connectivity index (χ4v) is 2.81. The number of ether oxygens (including phenoxy) is 1. The number of hydrogen-bond acceptors (Lipinski definition) is 1. The number of rotatable bonds is 4. The highest BCUT2D eigenvalue weighted by Gasteiger charge is 2.15. The third kappa shape index (κ3) is 4.20. The summed E-state index contributed by atoms with van der Waals surface area (Å²) in [6.45, 7) is 3.86. The molecule has 0 saturated heterocycles. The smallest absolute Gasteiger partial charge is 0.201 e. The Bertz CT molecular complexity index is 1040. The fourth-order valence-electron chi connectivity index (χ4n) is 2.81. The van der Waals surface area contributed by atoms with Crippen molar-refractivity contribution in [3.63, 3.8) is 0 Å². The standard InChI is InChI=1S/C24H19F3O/c1-3-18-10-9-17(15-21(18)25)6-5-16-7-11-19(12-8-16)20-13-14-22(28-4-2)24(27)23(20)26/h7-15H,3-4H2,1-2H3. The molecule has 142 valence electrons. The van der Waals surface area contributed by atoms with Crippen LogP contribution in [0.1, 0.15) is 30.5 Å². The van der Waals surface area contributed by atoms with E-state index in [1.807, 2.05) is 6.92 Å². The Morgan fingerprint density at radius 1 is 0.786 bits per heavy atom. The topological polar surface area (TPSA) is 9.23 Å². The Kier molecular flexibility index (Phi) is 6.06. The van der Waals surface area contributed by atoms with Gasteiger partial charge in [-0.25, -0.2) is 8.78 Å². The second kappa shape index (κ2) is 8.67. The summed E-state index contributed by atoms with van der Waals surface area (Å²) in [5.41, 5.74) is 2.61. The molecule has 0 aliphatic heterocycles. The van der Waals surface area contributed by atoms with Gasteiger partial charge in [0.2, 0.25) is 5.82 Å². The fraction of sp³-hybridized carbons (Fsp3) is 0.167. The number of halogens is 3. The Hall–Kier alpha value is -3.19. The van der Waals surface area contributed by atoms with Crippen molar-refractivity contribution in [1.29, 1.82) is 0 Å². The summed E-state index contributed by atoms with van der Waals surface area (Å²) in [6.07, 6.45) is 0.629. The van der Waals surface area contributed by atoms with Crippen molar-refractivity contribution in [3.05, 3.63) is 88.7 Å². The Morgan fingerprint density at radius 2 is 1.46 bits per heavy atom. The summed E-state index contributed by atoms with van der Waals surface area (Å²) in [6, 6.07) is 14.6. The largest absolute Gasteiger partial charge is 0.491 e. The van der Waals surface area contributed by atoms with Crippen molar-refractivity contribution in [2.45, 2.75) is 20.3 Å². The van der Waals surface area contributed by atoms with Gasteiger partial charge < -0.3 is 4.74 Å². The zero-order valence-electron chi connectivity index (χ0n) is 15.7. The summed E-state index contributed by atoms with van der Waals surface area (Å²) < 4.78 is 47.3. The maximum absolute atomic E-state index is 14.3.